The molecule has 2 rings (SSSR count). The largest absolute Gasteiger partial charge is 0.393 e. The van der Waals surface area contributed by atoms with E-state index in [2.05, 4.69) is 5.32 Å². The summed E-state index contributed by atoms with van der Waals surface area (Å²) >= 11 is 6.06. The van der Waals surface area contributed by atoms with Crippen LogP contribution in [0.15, 0.2) is 12.1 Å². The van der Waals surface area contributed by atoms with Crippen molar-refractivity contribution in [2.75, 3.05) is 18.8 Å². The number of anilines is 1. The third-order valence-corrected chi connectivity index (χ3v) is 3.17. The third kappa shape index (κ3) is 1.96. The lowest BCUT2D eigenvalue weighted by atomic mass is 9.97. The molecule has 1 saturated heterocycles. The van der Waals surface area contributed by atoms with Gasteiger partial charge in [-0.2, -0.15) is 0 Å². The van der Waals surface area contributed by atoms with Gasteiger partial charge in [-0.25, -0.2) is 0 Å². The highest BCUT2D eigenvalue weighted by Crippen LogP contribution is 2.35. The average Bonchev–Trinajstić information content (AvgIpc) is 2.70. The van der Waals surface area contributed by atoms with Crippen LogP contribution in [0.2, 0.25) is 5.02 Å². The molecular formula is C10H12ClN3O2. The van der Waals surface area contributed by atoms with E-state index in [-0.39, 0.29) is 17.3 Å². The van der Waals surface area contributed by atoms with Crippen molar-refractivity contribution < 1.29 is 4.92 Å². The molecule has 16 heavy (non-hydrogen) atoms. The van der Waals surface area contributed by atoms with Crippen LogP contribution in [0.3, 0.4) is 0 Å². The van der Waals surface area contributed by atoms with Crippen LogP contribution in [0.4, 0.5) is 11.4 Å². The zero-order valence-electron chi connectivity index (χ0n) is 8.57. The van der Waals surface area contributed by atoms with Gasteiger partial charge in [0.2, 0.25) is 0 Å². The summed E-state index contributed by atoms with van der Waals surface area (Å²) in [5.74, 6) is 0.242. The Morgan fingerprint density at radius 3 is 2.88 bits per heavy atom. The molecule has 0 bridgehead atoms. The van der Waals surface area contributed by atoms with E-state index in [0.717, 1.165) is 25.1 Å². The summed E-state index contributed by atoms with van der Waals surface area (Å²) < 4.78 is 0. The third-order valence-electron chi connectivity index (χ3n) is 2.84. The number of nitrogens with zero attached hydrogens (tertiary/aromatic N) is 1. The molecule has 0 amide bonds. The number of halogens is 1. The van der Waals surface area contributed by atoms with Gasteiger partial charge >= 0.3 is 0 Å². The van der Waals surface area contributed by atoms with Crippen LogP contribution >= 0.6 is 11.6 Å². The Bertz CT molecular complexity index is 430. The van der Waals surface area contributed by atoms with E-state index < -0.39 is 4.92 Å². The zero-order valence-corrected chi connectivity index (χ0v) is 9.33. The minimum Gasteiger partial charge on any atom is -0.393 e. The molecule has 1 aliphatic heterocycles. The number of rotatable bonds is 2. The van der Waals surface area contributed by atoms with Crippen molar-refractivity contribution in [3.8, 4) is 0 Å². The summed E-state index contributed by atoms with van der Waals surface area (Å²) in [4.78, 5) is 10.3. The molecule has 1 atom stereocenters. The highest BCUT2D eigenvalue weighted by molar-refractivity contribution is 6.31. The van der Waals surface area contributed by atoms with Crippen molar-refractivity contribution >= 4 is 23.0 Å². The van der Waals surface area contributed by atoms with E-state index >= 15 is 0 Å². The first-order valence-corrected chi connectivity index (χ1v) is 5.41. The van der Waals surface area contributed by atoms with Crippen LogP contribution in [0.25, 0.3) is 0 Å². The number of nitro groups is 1. The summed E-state index contributed by atoms with van der Waals surface area (Å²) in [5.41, 5.74) is 6.41. The first-order valence-electron chi connectivity index (χ1n) is 5.03. The highest BCUT2D eigenvalue weighted by atomic mass is 35.5. The van der Waals surface area contributed by atoms with Gasteiger partial charge in [0.25, 0.3) is 5.69 Å². The Kier molecular flexibility index (Phi) is 2.98. The molecule has 86 valence electrons. The van der Waals surface area contributed by atoms with Gasteiger partial charge in [0.15, 0.2) is 0 Å². The van der Waals surface area contributed by atoms with E-state index in [0.29, 0.717) is 5.02 Å². The molecule has 1 aromatic carbocycles. The van der Waals surface area contributed by atoms with E-state index in [1.165, 1.54) is 12.1 Å². The van der Waals surface area contributed by atoms with Gasteiger partial charge in [-0.3, -0.25) is 10.1 Å². The lowest BCUT2D eigenvalue weighted by Gasteiger charge is -2.11. The van der Waals surface area contributed by atoms with Crippen LogP contribution in [0.5, 0.6) is 0 Å². The molecule has 0 saturated carbocycles. The van der Waals surface area contributed by atoms with Gasteiger partial charge in [-0.1, -0.05) is 11.6 Å². The molecular weight excluding hydrogens is 230 g/mol. The van der Waals surface area contributed by atoms with Crippen molar-refractivity contribution in [2.45, 2.75) is 12.3 Å². The molecule has 0 spiro atoms. The maximum absolute atomic E-state index is 10.8. The smallest absolute Gasteiger partial charge is 0.292 e. The molecule has 0 aromatic heterocycles. The fourth-order valence-electron chi connectivity index (χ4n) is 1.98. The lowest BCUT2D eigenvalue weighted by molar-refractivity contribution is -0.384. The van der Waals surface area contributed by atoms with Gasteiger partial charge in [0.1, 0.15) is 5.69 Å². The SMILES string of the molecule is Nc1cc(Cl)c(C2CCNC2)cc1[N+](=O)[O-]. The van der Waals surface area contributed by atoms with Crippen molar-refractivity contribution in [1.29, 1.82) is 0 Å². The minimum atomic E-state index is -0.475. The van der Waals surface area contributed by atoms with Crippen LogP contribution in [-0.2, 0) is 0 Å². The molecule has 5 nitrogen and oxygen atoms in total. The number of nitro benzene ring substituents is 1. The van der Waals surface area contributed by atoms with Gasteiger partial charge in [0.05, 0.1) is 4.92 Å². The topological polar surface area (TPSA) is 81.2 Å². The minimum absolute atomic E-state index is 0.0636. The van der Waals surface area contributed by atoms with E-state index in [9.17, 15) is 10.1 Å². The van der Waals surface area contributed by atoms with Crippen LogP contribution < -0.4 is 11.1 Å². The maximum Gasteiger partial charge on any atom is 0.292 e. The Hall–Kier alpha value is -1.33. The van der Waals surface area contributed by atoms with Crippen LogP contribution in [0, 0.1) is 10.1 Å². The van der Waals surface area contributed by atoms with Gasteiger partial charge in [-0.05, 0) is 30.5 Å². The second kappa shape index (κ2) is 4.27. The fraction of sp³-hybridized carbons (Fsp3) is 0.400. The van der Waals surface area contributed by atoms with Crippen molar-refractivity contribution in [2.24, 2.45) is 0 Å². The summed E-state index contributed by atoms with van der Waals surface area (Å²) in [6, 6.07) is 2.96. The number of nitrogen functional groups attached to an aromatic ring is 1. The Labute approximate surface area is 97.7 Å². The zero-order chi connectivity index (χ0) is 11.7. The molecule has 1 aliphatic rings. The predicted octanol–water partition coefficient (Wildman–Crippen LogP) is 1.91. The number of benzene rings is 1. The molecule has 1 unspecified atom stereocenters. The molecule has 6 heteroatoms. The molecule has 1 fully saturated rings. The van der Waals surface area contributed by atoms with E-state index in [1.54, 1.807) is 0 Å². The quantitative estimate of drug-likeness (QED) is 0.471. The highest BCUT2D eigenvalue weighted by Gasteiger charge is 2.23. The molecule has 0 aliphatic carbocycles. The summed E-state index contributed by atoms with van der Waals surface area (Å²) in [6.45, 7) is 1.72. The predicted molar refractivity (Wildman–Crippen MR) is 62.7 cm³/mol. The molecule has 1 heterocycles. The van der Waals surface area contributed by atoms with E-state index in [4.69, 9.17) is 17.3 Å². The van der Waals surface area contributed by atoms with Gasteiger partial charge < -0.3 is 11.1 Å². The maximum atomic E-state index is 10.8. The second-order valence-electron chi connectivity index (χ2n) is 3.88. The summed E-state index contributed by atoms with van der Waals surface area (Å²) in [6.07, 6.45) is 0.945. The number of nitrogens with one attached hydrogen (secondary N) is 1. The van der Waals surface area contributed by atoms with E-state index in [1.807, 2.05) is 0 Å². The van der Waals surface area contributed by atoms with Crippen molar-refractivity contribution in [3.63, 3.8) is 0 Å². The standard InChI is InChI=1S/C10H12ClN3O2/c11-8-4-9(12)10(14(15)16)3-7(8)6-1-2-13-5-6/h3-4,6,13H,1-2,5,12H2. The summed E-state index contributed by atoms with van der Waals surface area (Å²) in [7, 11) is 0. The molecule has 0 radical (unpaired) electrons. The van der Waals surface area contributed by atoms with Crippen molar-refractivity contribution in [1.82, 2.24) is 5.32 Å². The summed E-state index contributed by atoms with van der Waals surface area (Å²) in [5, 5.41) is 14.5. The second-order valence-corrected chi connectivity index (χ2v) is 4.29. The van der Waals surface area contributed by atoms with Crippen LogP contribution in [-0.4, -0.2) is 18.0 Å². The Morgan fingerprint density at radius 2 is 2.31 bits per heavy atom. The lowest BCUT2D eigenvalue weighted by Crippen LogP contribution is -2.09. The first kappa shape index (κ1) is 11.2. The van der Waals surface area contributed by atoms with Gasteiger partial charge in [0, 0.05) is 17.6 Å². The number of nitrogens with two attached hydrogens (primary N) is 1. The molecule has 3 N–H and O–H groups in total. The van der Waals surface area contributed by atoms with Crippen molar-refractivity contribution in [3.05, 3.63) is 32.8 Å². The number of hydrogen-bond donors (Lipinski definition) is 2. The average molecular weight is 242 g/mol. The normalized spacial score (nSPS) is 19.9. The Balaban J connectivity index is 2.44. The Morgan fingerprint density at radius 1 is 1.56 bits per heavy atom. The number of hydrogen-bond acceptors (Lipinski definition) is 4. The molecule has 1 aromatic rings. The monoisotopic (exact) mass is 241 g/mol. The fourth-order valence-corrected chi connectivity index (χ4v) is 2.31. The van der Waals surface area contributed by atoms with Crippen LogP contribution in [0.1, 0.15) is 17.9 Å². The van der Waals surface area contributed by atoms with Gasteiger partial charge in [-0.15, -0.1) is 0 Å². The first-order chi connectivity index (χ1) is 7.59.